The van der Waals surface area contributed by atoms with Gasteiger partial charge in [-0.1, -0.05) is 13.8 Å². The van der Waals surface area contributed by atoms with E-state index in [2.05, 4.69) is 20.8 Å². The molecule has 23 heavy (non-hydrogen) atoms. The third kappa shape index (κ3) is 2.27. The Morgan fingerprint density at radius 2 is 1.57 bits per heavy atom. The van der Waals surface area contributed by atoms with Crippen molar-refractivity contribution < 1.29 is 9.84 Å². The van der Waals surface area contributed by atoms with Crippen molar-refractivity contribution in [3.05, 3.63) is 0 Å². The van der Waals surface area contributed by atoms with Crippen LogP contribution in [-0.2, 0) is 4.74 Å². The molecule has 0 aromatic rings. The van der Waals surface area contributed by atoms with Crippen molar-refractivity contribution in [1.82, 2.24) is 0 Å². The SMILES string of the molecule is CO[C@H]1CCC2C3CCC4C[C@](C)(O)CC[C@]4(C)C3CC[C@@]21C. The van der Waals surface area contributed by atoms with E-state index in [0.717, 1.165) is 36.5 Å². The van der Waals surface area contributed by atoms with Gasteiger partial charge in [-0.05, 0) is 99.2 Å². The quantitative estimate of drug-likeness (QED) is 0.752. The van der Waals surface area contributed by atoms with Crippen LogP contribution in [0.5, 0.6) is 0 Å². The van der Waals surface area contributed by atoms with Crippen molar-refractivity contribution in [2.24, 2.45) is 34.5 Å². The van der Waals surface area contributed by atoms with Crippen molar-refractivity contribution in [3.8, 4) is 0 Å². The third-order valence-corrected chi connectivity index (χ3v) is 9.15. The number of rotatable bonds is 1. The van der Waals surface area contributed by atoms with E-state index in [4.69, 9.17) is 4.74 Å². The first kappa shape index (κ1) is 16.4. The number of hydrogen-bond acceptors (Lipinski definition) is 2. The smallest absolute Gasteiger partial charge is 0.0627 e. The van der Waals surface area contributed by atoms with Crippen LogP contribution in [0.2, 0.25) is 0 Å². The van der Waals surface area contributed by atoms with Crippen LogP contribution in [0.15, 0.2) is 0 Å². The highest BCUT2D eigenvalue weighted by Gasteiger charge is 2.61. The Bertz CT molecular complexity index is 472. The summed E-state index contributed by atoms with van der Waals surface area (Å²) in [7, 11) is 1.92. The van der Waals surface area contributed by atoms with Gasteiger partial charge >= 0.3 is 0 Å². The molecular weight excluding hydrogens is 284 g/mol. The molecule has 4 aliphatic rings. The summed E-state index contributed by atoms with van der Waals surface area (Å²) < 4.78 is 5.89. The average molecular weight is 321 g/mol. The van der Waals surface area contributed by atoms with Crippen molar-refractivity contribution >= 4 is 0 Å². The highest BCUT2D eigenvalue weighted by Crippen LogP contribution is 2.67. The van der Waals surface area contributed by atoms with E-state index in [1.54, 1.807) is 0 Å². The molecule has 4 fully saturated rings. The molecule has 4 saturated carbocycles. The number of fused-ring (bicyclic) bond motifs is 5. The third-order valence-electron chi connectivity index (χ3n) is 9.15. The lowest BCUT2D eigenvalue weighted by Crippen LogP contribution is -2.55. The lowest BCUT2D eigenvalue weighted by atomic mass is 9.44. The molecule has 0 saturated heterocycles. The molecule has 8 atom stereocenters. The predicted molar refractivity (Wildman–Crippen MR) is 93.1 cm³/mol. The molecule has 4 aliphatic carbocycles. The Kier molecular flexibility index (Phi) is 3.71. The summed E-state index contributed by atoms with van der Waals surface area (Å²) in [5, 5.41) is 10.6. The topological polar surface area (TPSA) is 29.5 Å². The zero-order valence-electron chi connectivity index (χ0n) is 15.6. The molecule has 4 unspecified atom stereocenters. The van der Waals surface area contributed by atoms with Crippen LogP contribution in [0, 0.1) is 34.5 Å². The fourth-order valence-corrected chi connectivity index (χ4v) is 7.77. The molecule has 0 aliphatic heterocycles. The second kappa shape index (κ2) is 5.21. The molecule has 1 N–H and O–H groups in total. The molecule has 0 spiro atoms. The van der Waals surface area contributed by atoms with Gasteiger partial charge in [0.05, 0.1) is 11.7 Å². The first-order chi connectivity index (χ1) is 10.8. The first-order valence-electron chi connectivity index (χ1n) is 10.1. The van der Waals surface area contributed by atoms with E-state index in [1.807, 2.05) is 7.11 Å². The zero-order chi connectivity index (χ0) is 16.5. The number of aliphatic hydroxyl groups is 1. The molecule has 4 rings (SSSR count). The van der Waals surface area contributed by atoms with Gasteiger partial charge in [0.25, 0.3) is 0 Å². The Balaban J connectivity index is 1.60. The molecule has 0 radical (unpaired) electrons. The van der Waals surface area contributed by atoms with Crippen LogP contribution in [0.25, 0.3) is 0 Å². The molecule has 0 aromatic carbocycles. The van der Waals surface area contributed by atoms with Gasteiger partial charge in [-0.2, -0.15) is 0 Å². The van der Waals surface area contributed by atoms with Crippen molar-refractivity contribution in [2.45, 2.75) is 90.3 Å². The molecule has 0 heterocycles. The van der Waals surface area contributed by atoms with Crippen molar-refractivity contribution in [2.75, 3.05) is 7.11 Å². The van der Waals surface area contributed by atoms with E-state index >= 15 is 0 Å². The fraction of sp³-hybridized carbons (Fsp3) is 1.00. The van der Waals surface area contributed by atoms with E-state index in [-0.39, 0.29) is 0 Å². The average Bonchev–Trinajstić information content (AvgIpc) is 2.84. The lowest BCUT2D eigenvalue weighted by Gasteiger charge is -2.61. The molecule has 0 amide bonds. The summed E-state index contributed by atoms with van der Waals surface area (Å²) >= 11 is 0. The second-order valence-electron chi connectivity index (χ2n) is 10.2. The number of ether oxygens (including phenoxy) is 1. The van der Waals surface area contributed by atoms with Crippen LogP contribution in [0.3, 0.4) is 0 Å². The maximum absolute atomic E-state index is 10.6. The minimum absolute atomic E-state index is 0.408. The standard InChI is InChI=1S/C21H36O2/c1-19(22)11-12-20(2)14(13-19)5-6-15-16-7-8-18(23-4)21(16,3)10-9-17(15)20/h14-18,22H,5-13H2,1-4H3/t14?,15?,16?,17?,18-,19+,20-,21-/m0/s1. The minimum Gasteiger partial charge on any atom is -0.390 e. The van der Waals surface area contributed by atoms with E-state index in [0.29, 0.717) is 16.9 Å². The maximum atomic E-state index is 10.6. The summed E-state index contributed by atoms with van der Waals surface area (Å²) in [6.45, 7) is 7.17. The minimum atomic E-state index is -0.408. The molecule has 132 valence electrons. The second-order valence-corrected chi connectivity index (χ2v) is 10.2. The van der Waals surface area contributed by atoms with Gasteiger partial charge in [-0.15, -0.1) is 0 Å². The van der Waals surface area contributed by atoms with Crippen molar-refractivity contribution in [3.63, 3.8) is 0 Å². The van der Waals surface area contributed by atoms with Gasteiger partial charge in [0, 0.05) is 7.11 Å². The van der Waals surface area contributed by atoms with Crippen LogP contribution < -0.4 is 0 Å². The molecule has 0 bridgehead atoms. The lowest BCUT2D eigenvalue weighted by molar-refractivity contribution is -0.153. The Labute approximate surface area is 142 Å². The van der Waals surface area contributed by atoms with Gasteiger partial charge in [0.1, 0.15) is 0 Å². The van der Waals surface area contributed by atoms with Crippen LogP contribution in [-0.4, -0.2) is 23.9 Å². The summed E-state index contributed by atoms with van der Waals surface area (Å²) in [5.74, 6) is 3.44. The Morgan fingerprint density at radius 3 is 2.30 bits per heavy atom. The van der Waals surface area contributed by atoms with Gasteiger partial charge in [0.15, 0.2) is 0 Å². The Hall–Kier alpha value is -0.0800. The van der Waals surface area contributed by atoms with E-state index in [1.165, 1.54) is 44.9 Å². The molecular formula is C21H36O2. The summed E-state index contributed by atoms with van der Waals surface area (Å²) in [5.41, 5.74) is 0.506. The number of hydrogen-bond donors (Lipinski definition) is 1. The zero-order valence-corrected chi connectivity index (χ0v) is 15.6. The van der Waals surface area contributed by atoms with E-state index < -0.39 is 5.60 Å². The molecule has 2 heteroatoms. The normalized spacial score (nSPS) is 59.1. The van der Waals surface area contributed by atoms with E-state index in [9.17, 15) is 5.11 Å². The van der Waals surface area contributed by atoms with Gasteiger partial charge in [0.2, 0.25) is 0 Å². The predicted octanol–water partition coefficient (Wildman–Crippen LogP) is 4.80. The molecule has 0 aromatic heterocycles. The number of methoxy groups -OCH3 is 1. The largest absolute Gasteiger partial charge is 0.390 e. The van der Waals surface area contributed by atoms with Crippen molar-refractivity contribution in [1.29, 1.82) is 0 Å². The fourth-order valence-electron chi connectivity index (χ4n) is 7.77. The summed E-state index contributed by atoms with van der Waals surface area (Å²) in [6.07, 6.45) is 11.9. The monoisotopic (exact) mass is 320 g/mol. The highest BCUT2D eigenvalue weighted by molar-refractivity contribution is 5.10. The first-order valence-corrected chi connectivity index (χ1v) is 10.1. The molecule has 2 nitrogen and oxygen atoms in total. The van der Waals surface area contributed by atoms with Crippen LogP contribution in [0.1, 0.15) is 78.6 Å². The van der Waals surface area contributed by atoms with Crippen LogP contribution in [0.4, 0.5) is 0 Å². The summed E-state index contributed by atoms with van der Waals surface area (Å²) in [6, 6.07) is 0. The van der Waals surface area contributed by atoms with Crippen LogP contribution >= 0.6 is 0 Å². The Morgan fingerprint density at radius 1 is 0.826 bits per heavy atom. The summed E-state index contributed by atoms with van der Waals surface area (Å²) in [4.78, 5) is 0. The maximum Gasteiger partial charge on any atom is 0.0627 e. The van der Waals surface area contributed by atoms with Gasteiger partial charge < -0.3 is 9.84 Å². The van der Waals surface area contributed by atoms with Gasteiger partial charge in [-0.25, -0.2) is 0 Å². The highest BCUT2D eigenvalue weighted by atomic mass is 16.5. The van der Waals surface area contributed by atoms with Gasteiger partial charge in [-0.3, -0.25) is 0 Å².